The minimum absolute atomic E-state index is 0.245. The van der Waals surface area contributed by atoms with Gasteiger partial charge in [-0.05, 0) is 31.4 Å². The number of nitrogens with zero attached hydrogens (tertiary/aromatic N) is 3. The van der Waals surface area contributed by atoms with Crippen LogP contribution in [0.25, 0.3) is 0 Å². The summed E-state index contributed by atoms with van der Waals surface area (Å²) >= 11 is 13.6. The molecule has 138 valence electrons. The lowest BCUT2D eigenvalue weighted by Crippen LogP contribution is -2.64. The number of halogens is 2. The highest BCUT2D eigenvalue weighted by Crippen LogP contribution is 2.53. The number of benzene rings is 1. The Morgan fingerprint density at radius 3 is 2.65 bits per heavy atom. The summed E-state index contributed by atoms with van der Waals surface area (Å²) in [7, 11) is 0. The summed E-state index contributed by atoms with van der Waals surface area (Å²) in [5, 5.41) is 11.8. The molecule has 0 amide bonds. The molecule has 9 heteroatoms. The minimum Gasteiger partial charge on any atom is -0.381 e. The summed E-state index contributed by atoms with van der Waals surface area (Å²) in [4.78, 5) is 11.8. The predicted octanol–water partition coefficient (Wildman–Crippen LogP) is 3.15. The summed E-state index contributed by atoms with van der Waals surface area (Å²) in [6.07, 6.45) is 4.12. The number of aliphatic hydroxyl groups is 1. The molecule has 1 spiro atoms. The molecule has 26 heavy (non-hydrogen) atoms. The van der Waals surface area contributed by atoms with Crippen LogP contribution in [0.4, 0.5) is 11.6 Å². The maximum Gasteiger partial charge on any atom is 0.158 e. The quantitative estimate of drug-likeness (QED) is 0.666. The van der Waals surface area contributed by atoms with Crippen LogP contribution in [0.1, 0.15) is 19.3 Å². The van der Waals surface area contributed by atoms with E-state index < -0.39 is 5.72 Å². The van der Waals surface area contributed by atoms with Gasteiger partial charge in [0, 0.05) is 23.4 Å². The first-order valence-corrected chi connectivity index (χ1v) is 9.89. The Bertz CT molecular complexity index is 865. The fraction of sp³-hybridized carbons (Fsp3) is 0.412. The van der Waals surface area contributed by atoms with Crippen LogP contribution < -0.4 is 16.4 Å². The molecular formula is C17H19Cl2N5OS. The number of nitrogen functional groups attached to an aromatic ring is 1. The third-order valence-corrected chi connectivity index (χ3v) is 7.45. The Hall–Kier alpha value is -1.25. The zero-order valence-electron chi connectivity index (χ0n) is 14.0. The van der Waals surface area contributed by atoms with E-state index in [-0.39, 0.29) is 5.41 Å². The first-order chi connectivity index (χ1) is 12.3. The smallest absolute Gasteiger partial charge is 0.158 e. The number of rotatable bonds is 3. The summed E-state index contributed by atoms with van der Waals surface area (Å²) in [5.41, 5.74) is 10.8. The molecule has 5 N–H and O–H groups in total. The molecular weight excluding hydrogens is 393 g/mol. The van der Waals surface area contributed by atoms with E-state index in [1.54, 1.807) is 12.3 Å². The van der Waals surface area contributed by atoms with Crippen molar-refractivity contribution in [2.75, 3.05) is 23.7 Å². The van der Waals surface area contributed by atoms with Crippen molar-refractivity contribution in [3.8, 4) is 0 Å². The van der Waals surface area contributed by atoms with Gasteiger partial charge in [0.25, 0.3) is 0 Å². The van der Waals surface area contributed by atoms with Crippen LogP contribution in [0.2, 0.25) is 10.0 Å². The monoisotopic (exact) mass is 411 g/mol. The molecule has 4 rings (SSSR count). The third-order valence-electron chi connectivity index (χ3n) is 5.46. The standard InChI is InChI=1S/C17H19Cl2N5OS/c18-10-2-1-3-11(13(10)19)26-15-14(20)23-12(8-22-15)24-7-6-16(9-24)4-5-17(16,21)25/h1-3,8,25H,4-7,9,21H2,(H2,20,23)/t16-,17-/m1/s1. The highest BCUT2D eigenvalue weighted by molar-refractivity contribution is 7.99. The van der Waals surface area contributed by atoms with E-state index in [0.29, 0.717) is 39.7 Å². The molecule has 1 saturated carbocycles. The highest BCUT2D eigenvalue weighted by Gasteiger charge is 2.59. The van der Waals surface area contributed by atoms with Crippen molar-refractivity contribution >= 4 is 46.6 Å². The Kier molecular flexibility index (Phi) is 4.48. The molecule has 6 nitrogen and oxygen atoms in total. The number of aromatic nitrogens is 2. The van der Waals surface area contributed by atoms with Crippen molar-refractivity contribution in [3.05, 3.63) is 34.4 Å². The van der Waals surface area contributed by atoms with Gasteiger partial charge in [0.2, 0.25) is 0 Å². The van der Waals surface area contributed by atoms with E-state index in [0.717, 1.165) is 24.3 Å². The molecule has 1 aromatic heterocycles. The summed E-state index contributed by atoms with van der Waals surface area (Å²) in [6, 6.07) is 5.41. The molecule has 1 aliphatic heterocycles. The topological polar surface area (TPSA) is 101 Å². The van der Waals surface area contributed by atoms with Crippen molar-refractivity contribution < 1.29 is 5.11 Å². The summed E-state index contributed by atoms with van der Waals surface area (Å²) in [6.45, 7) is 1.45. The minimum atomic E-state index is -1.08. The Balaban J connectivity index is 1.53. The first-order valence-electron chi connectivity index (χ1n) is 8.32. The van der Waals surface area contributed by atoms with Crippen molar-refractivity contribution in [1.82, 2.24) is 9.97 Å². The Labute approximate surface area is 165 Å². The van der Waals surface area contributed by atoms with Crippen LogP contribution in [0.5, 0.6) is 0 Å². The van der Waals surface area contributed by atoms with Crippen molar-refractivity contribution in [2.24, 2.45) is 11.1 Å². The molecule has 1 saturated heterocycles. The van der Waals surface area contributed by atoms with Crippen LogP contribution in [0.15, 0.2) is 34.3 Å². The van der Waals surface area contributed by atoms with E-state index in [4.69, 9.17) is 34.7 Å². The molecule has 2 aromatic rings. The largest absolute Gasteiger partial charge is 0.381 e. The zero-order valence-corrected chi connectivity index (χ0v) is 16.3. The van der Waals surface area contributed by atoms with E-state index >= 15 is 0 Å². The molecule has 0 radical (unpaired) electrons. The number of anilines is 2. The van der Waals surface area contributed by atoms with Gasteiger partial charge < -0.3 is 21.5 Å². The number of hydrogen-bond acceptors (Lipinski definition) is 7. The van der Waals surface area contributed by atoms with Crippen LogP contribution in [0.3, 0.4) is 0 Å². The second-order valence-electron chi connectivity index (χ2n) is 6.95. The van der Waals surface area contributed by atoms with Crippen molar-refractivity contribution in [1.29, 1.82) is 0 Å². The van der Waals surface area contributed by atoms with Gasteiger partial charge in [-0.25, -0.2) is 9.97 Å². The molecule has 2 aliphatic rings. The van der Waals surface area contributed by atoms with Crippen molar-refractivity contribution in [3.63, 3.8) is 0 Å². The zero-order chi connectivity index (χ0) is 18.5. The lowest BCUT2D eigenvalue weighted by Gasteiger charge is -2.51. The summed E-state index contributed by atoms with van der Waals surface area (Å²) in [5.74, 6) is 1.03. The number of nitrogens with two attached hydrogens (primary N) is 2. The van der Waals surface area contributed by atoms with Crippen LogP contribution in [-0.2, 0) is 0 Å². The van der Waals surface area contributed by atoms with Crippen LogP contribution in [0, 0.1) is 5.41 Å². The number of hydrogen-bond donors (Lipinski definition) is 3. The van der Waals surface area contributed by atoms with Gasteiger partial charge >= 0.3 is 0 Å². The second kappa shape index (κ2) is 6.42. The molecule has 1 aliphatic carbocycles. The van der Waals surface area contributed by atoms with Gasteiger partial charge in [-0.2, -0.15) is 0 Å². The lowest BCUT2D eigenvalue weighted by atomic mass is 9.61. The van der Waals surface area contributed by atoms with E-state index in [2.05, 4.69) is 14.9 Å². The molecule has 2 fully saturated rings. The predicted molar refractivity (Wildman–Crippen MR) is 105 cm³/mol. The lowest BCUT2D eigenvalue weighted by molar-refractivity contribution is -0.151. The van der Waals surface area contributed by atoms with Crippen LogP contribution >= 0.6 is 35.0 Å². The van der Waals surface area contributed by atoms with Crippen molar-refractivity contribution in [2.45, 2.75) is 34.9 Å². The maximum absolute atomic E-state index is 10.3. The average Bonchev–Trinajstić information content (AvgIpc) is 3.08. The fourth-order valence-corrected chi connectivity index (χ4v) is 4.92. The fourth-order valence-electron chi connectivity index (χ4n) is 3.64. The van der Waals surface area contributed by atoms with Gasteiger partial charge in [-0.1, -0.05) is 41.0 Å². The van der Waals surface area contributed by atoms with E-state index in [9.17, 15) is 5.11 Å². The second-order valence-corrected chi connectivity index (χ2v) is 8.76. The van der Waals surface area contributed by atoms with E-state index in [1.165, 1.54) is 11.8 Å². The van der Waals surface area contributed by atoms with E-state index in [1.807, 2.05) is 12.1 Å². The maximum atomic E-state index is 10.3. The van der Waals surface area contributed by atoms with Gasteiger partial charge in [-0.15, -0.1) is 0 Å². The normalized spacial score (nSPS) is 27.8. The highest BCUT2D eigenvalue weighted by atomic mass is 35.5. The SMILES string of the molecule is Nc1nc(N2CC[C@]3(CC[C@@]3(N)O)C2)cnc1Sc1cccc(Cl)c1Cl. The third kappa shape index (κ3) is 2.92. The van der Waals surface area contributed by atoms with Gasteiger partial charge in [-0.3, -0.25) is 0 Å². The van der Waals surface area contributed by atoms with Gasteiger partial charge in [0.05, 0.1) is 16.2 Å². The van der Waals surface area contributed by atoms with Gasteiger partial charge in [0.15, 0.2) is 5.82 Å². The molecule has 2 heterocycles. The van der Waals surface area contributed by atoms with Crippen LogP contribution in [-0.4, -0.2) is 33.9 Å². The Morgan fingerprint density at radius 2 is 2.04 bits per heavy atom. The molecule has 0 unspecified atom stereocenters. The Morgan fingerprint density at radius 1 is 1.23 bits per heavy atom. The molecule has 1 aromatic carbocycles. The first kappa shape index (κ1) is 18.1. The summed E-state index contributed by atoms with van der Waals surface area (Å²) < 4.78 is 0. The molecule has 2 atom stereocenters. The molecule has 0 bridgehead atoms. The average molecular weight is 412 g/mol. The van der Waals surface area contributed by atoms with Gasteiger partial charge in [0.1, 0.15) is 16.6 Å².